The van der Waals surface area contributed by atoms with E-state index in [0.717, 1.165) is 31.4 Å². The third kappa shape index (κ3) is 6.37. The van der Waals surface area contributed by atoms with Crippen LogP contribution < -0.4 is 16.0 Å². The number of quaternary nitrogens is 1. The van der Waals surface area contributed by atoms with E-state index in [1.807, 2.05) is 30.4 Å². The second-order valence-electron chi connectivity index (χ2n) is 6.93. The van der Waals surface area contributed by atoms with Crippen molar-refractivity contribution in [3.8, 4) is 0 Å². The lowest BCUT2D eigenvalue weighted by Crippen LogP contribution is -2.76. The number of rotatable bonds is 11. The highest BCUT2D eigenvalue weighted by molar-refractivity contribution is 5.94. The molecule has 1 unspecified atom stereocenters. The Morgan fingerprint density at radius 1 is 1.29 bits per heavy atom. The van der Waals surface area contributed by atoms with Crippen LogP contribution in [-0.4, -0.2) is 29.8 Å². The Hall–Kier alpha value is -2.35. The largest absolute Gasteiger partial charge is 0.372 e. The van der Waals surface area contributed by atoms with E-state index in [0.29, 0.717) is 29.5 Å². The molecule has 1 aliphatic rings. The first kappa shape index (κ1) is 21.9. The first-order valence-corrected chi connectivity index (χ1v) is 10.0. The molecule has 7 nitrogen and oxygen atoms in total. The molecule has 1 aromatic carbocycles. The van der Waals surface area contributed by atoms with Crippen molar-refractivity contribution < 1.29 is 15.2 Å². The van der Waals surface area contributed by atoms with Crippen LogP contribution in [-0.2, 0) is 0 Å². The Bertz CT molecular complexity index is 730. The van der Waals surface area contributed by atoms with E-state index in [9.17, 15) is 9.90 Å². The van der Waals surface area contributed by atoms with E-state index in [2.05, 4.69) is 29.6 Å². The molecule has 0 bridgehead atoms. The number of aliphatic hydroxyl groups excluding tert-OH is 1. The maximum atomic E-state index is 11.9. The molecule has 7 heteroatoms. The Balaban J connectivity index is 2.30. The molecule has 1 saturated carbocycles. The number of nitrogens with zero attached hydrogens (tertiary/aromatic N) is 1. The normalized spacial score (nSPS) is 15.4. The molecule has 0 radical (unpaired) electrons. The van der Waals surface area contributed by atoms with E-state index in [1.165, 1.54) is 5.57 Å². The fraction of sp³-hybridized carbons (Fsp3) is 0.476. The summed E-state index contributed by atoms with van der Waals surface area (Å²) >= 11 is 0. The average molecular weight is 387 g/mol. The molecule has 2 rings (SSSR count). The molecule has 6 N–H and O–H groups in total. The molecule has 28 heavy (non-hydrogen) atoms. The molecule has 1 amide bonds. The molecule has 1 atom stereocenters. The molecule has 0 saturated heterocycles. The number of hydrogen-bond donors (Lipinski definition) is 5. The summed E-state index contributed by atoms with van der Waals surface area (Å²) in [6.45, 7) is 6.64. The van der Waals surface area contributed by atoms with E-state index < -0.39 is 6.23 Å². The van der Waals surface area contributed by atoms with Gasteiger partial charge in [-0.15, -0.1) is 0 Å². The third-order valence-corrected chi connectivity index (χ3v) is 4.75. The Kier molecular flexibility index (Phi) is 8.50. The van der Waals surface area contributed by atoms with Crippen molar-refractivity contribution in [2.45, 2.75) is 58.7 Å². The van der Waals surface area contributed by atoms with Crippen LogP contribution >= 0.6 is 0 Å². The third-order valence-electron chi connectivity index (χ3n) is 4.75. The number of aliphatic hydroxyl groups is 1. The Labute approximate surface area is 166 Å². The summed E-state index contributed by atoms with van der Waals surface area (Å²) in [5.41, 5.74) is 11.3. The molecule has 1 aromatic rings. The van der Waals surface area contributed by atoms with E-state index in [-0.39, 0.29) is 5.91 Å². The van der Waals surface area contributed by atoms with Crippen LogP contribution in [0, 0.1) is 5.53 Å². The number of amides is 1. The summed E-state index contributed by atoms with van der Waals surface area (Å²) < 4.78 is 0. The zero-order valence-corrected chi connectivity index (χ0v) is 17.0. The topological polar surface area (TPSA) is 114 Å². The van der Waals surface area contributed by atoms with Gasteiger partial charge in [0.2, 0.25) is 0 Å². The first-order chi connectivity index (χ1) is 13.5. The zero-order chi connectivity index (χ0) is 20.5. The van der Waals surface area contributed by atoms with Gasteiger partial charge in [-0.05, 0) is 44.7 Å². The Morgan fingerprint density at radius 3 is 2.43 bits per heavy atom. The highest BCUT2D eigenvalue weighted by Gasteiger charge is 2.27. The SMILES string of the molecule is CCNC(=O)c1ccc([NH2+]/C(C=C(CC)CC)=C(\N=N)C(O)NC2CC2)cc1. The average Bonchev–Trinajstić information content (AvgIpc) is 3.51. The lowest BCUT2D eigenvalue weighted by molar-refractivity contribution is -0.514. The molecule has 0 aliphatic heterocycles. The highest BCUT2D eigenvalue weighted by atomic mass is 16.3. The second kappa shape index (κ2) is 10.8. The van der Waals surface area contributed by atoms with Gasteiger partial charge >= 0.3 is 0 Å². The summed E-state index contributed by atoms with van der Waals surface area (Å²) in [5.74, 6) is -0.102. The smallest absolute Gasteiger partial charge is 0.251 e. The lowest BCUT2D eigenvalue weighted by atomic mass is 10.1. The van der Waals surface area contributed by atoms with Crippen molar-refractivity contribution in [1.29, 1.82) is 5.53 Å². The predicted molar refractivity (Wildman–Crippen MR) is 109 cm³/mol. The molecule has 0 heterocycles. The molecule has 1 aliphatic carbocycles. The number of benzene rings is 1. The minimum Gasteiger partial charge on any atom is -0.372 e. The lowest BCUT2D eigenvalue weighted by Gasteiger charge is -2.14. The second-order valence-corrected chi connectivity index (χ2v) is 6.93. The van der Waals surface area contributed by atoms with Crippen molar-refractivity contribution in [1.82, 2.24) is 10.6 Å². The quantitative estimate of drug-likeness (QED) is 0.174. The van der Waals surface area contributed by atoms with Crippen molar-refractivity contribution >= 4 is 11.6 Å². The summed E-state index contributed by atoms with van der Waals surface area (Å²) in [7, 11) is 0. The summed E-state index contributed by atoms with van der Waals surface area (Å²) in [6.07, 6.45) is 4.88. The van der Waals surface area contributed by atoms with Gasteiger partial charge in [0.05, 0.1) is 0 Å². The van der Waals surface area contributed by atoms with Gasteiger partial charge < -0.3 is 10.4 Å². The number of carbonyl (C=O) groups excluding carboxylic acids is 1. The van der Waals surface area contributed by atoms with Crippen LogP contribution in [0.15, 0.2) is 52.4 Å². The van der Waals surface area contributed by atoms with Gasteiger partial charge in [-0.1, -0.05) is 19.4 Å². The van der Waals surface area contributed by atoms with Crippen LogP contribution in [0.25, 0.3) is 0 Å². The predicted octanol–water partition coefficient (Wildman–Crippen LogP) is 2.69. The van der Waals surface area contributed by atoms with Crippen LogP contribution in [0.1, 0.15) is 56.8 Å². The maximum Gasteiger partial charge on any atom is 0.251 e. The standard InChI is InChI=1S/C21H31N5O2/c1-4-14(5-2)13-18(19(26-22)21(28)25-17-11-12-17)24-16-9-7-15(8-10-16)20(27)23-6-3/h7-10,13,17,21-22,24-25,28H,4-6,11-12H2,1-3H3,(H,23,27)/p+1/b19-18-,26-22?. The minimum absolute atomic E-state index is 0.102. The highest BCUT2D eigenvalue weighted by Crippen LogP contribution is 2.21. The fourth-order valence-electron chi connectivity index (χ4n) is 2.87. The summed E-state index contributed by atoms with van der Waals surface area (Å²) in [4.78, 5) is 11.9. The summed E-state index contributed by atoms with van der Waals surface area (Å²) in [5, 5.41) is 21.9. The molecule has 0 spiro atoms. The van der Waals surface area contributed by atoms with Gasteiger partial charge in [0, 0.05) is 36.4 Å². The van der Waals surface area contributed by atoms with E-state index in [4.69, 9.17) is 5.53 Å². The number of carbonyl (C=O) groups is 1. The molecular weight excluding hydrogens is 354 g/mol. The minimum atomic E-state index is -0.975. The van der Waals surface area contributed by atoms with Gasteiger partial charge in [-0.2, -0.15) is 5.11 Å². The van der Waals surface area contributed by atoms with E-state index in [1.54, 1.807) is 12.1 Å². The summed E-state index contributed by atoms with van der Waals surface area (Å²) in [6, 6.07) is 7.56. The van der Waals surface area contributed by atoms with Gasteiger partial charge in [0.1, 0.15) is 5.69 Å². The first-order valence-electron chi connectivity index (χ1n) is 10.0. The van der Waals surface area contributed by atoms with Crippen LogP contribution in [0.2, 0.25) is 0 Å². The molecule has 152 valence electrons. The van der Waals surface area contributed by atoms with Crippen LogP contribution in [0.4, 0.5) is 5.69 Å². The number of nitrogens with one attached hydrogen (secondary N) is 3. The Morgan fingerprint density at radius 2 is 1.93 bits per heavy atom. The van der Waals surface area contributed by atoms with Gasteiger partial charge in [0.25, 0.3) is 5.91 Å². The van der Waals surface area contributed by atoms with Crippen molar-refractivity contribution in [3.63, 3.8) is 0 Å². The number of nitrogens with two attached hydrogens (primary N) is 1. The number of hydrogen-bond acceptors (Lipinski definition) is 5. The monoisotopic (exact) mass is 386 g/mol. The van der Waals surface area contributed by atoms with E-state index >= 15 is 0 Å². The van der Waals surface area contributed by atoms with Gasteiger partial charge in [-0.3, -0.25) is 15.4 Å². The molecule has 0 aromatic heterocycles. The van der Waals surface area contributed by atoms with Crippen molar-refractivity contribution in [2.75, 3.05) is 6.54 Å². The maximum absolute atomic E-state index is 11.9. The molecule has 1 fully saturated rings. The van der Waals surface area contributed by atoms with Crippen molar-refractivity contribution in [3.05, 3.63) is 52.9 Å². The number of allylic oxidation sites excluding steroid dienone is 2. The van der Waals surface area contributed by atoms with Crippen LogP contribution in [0.3, 0.4) is 0 Å². The fourth-order valence-corrected chi connectivity index (χ4v) is 2.87. The van der Waals surface area contributed by atoms with Crippen LogP contribution in [0.5, 0.6) is 0 Å². The van der Waals surface area contributed by atoms with Gasteiger partial charge in [-0.25, -0.2) is 5.53 Å². The molecular formula is C21H32N5O2+. The van der Waals surface area contributed by atoms with Gasteiger partial charge in [0.15, 0.2) is 17.6 Å². The van der Waals surface area contributed by atoms with Crippen molar-refractivity contribution in [2.24, 2.45) is 5.11 Å². The zero-order valence-electron chi connectivity index (χ0n) is 17.0.